The van der Waals surface area contributed by atoms with Gasteiger partial charge in [-0.05, 0) is 18.2 Å². The van der Waals surface area contributed by atoms with Crippen LogP contribution in [0.2, 0.25) is 0 Å². The van der Waals surface area contributed by atoms with Gasteiger partial charge >= 0.3 is 6.01 Å². The van der Waals surface area contributed by atoms with E-state index in [0.29, 0.717) is 25.0 Å². The highest BCUT2D eigenvalue weighted by Gasteiger charge is 2.24. The molecule has 0 radical (unpaired) electrons. The van der Waals surface area contributed by atoms with Gasteiger partial charge in [0.1, 0.15) is 11.9 Å². The van der Waals surface area contributed by atoms with Crippen molar-refractivity contribution in [3.05, 3.63) is 34.9 Å². The zero-order valence-electron chi connectivity index (χ0n) is 11.4. The first-order valence-electron chi connectivity index (χ1n) is 6.72. The number of imidazole rings is 1. The van der Waals surface area contributed by atoms with Gasteiger partial charge in [-0.2, -0.15) is 9.97 Å². The number of rotatable bonds is 3. The molecule has 0 atom stereocenters. The van der Waals surface area contributed by atoms with Crippen LogP contribution in [-0.2, 0) is 4.74 Å². The van der Waals surface area contributed by atoms with Crippen molar-refractivity contribution in [2.24, 2.45) is 0 Å². The number of aromatic nitrogens is 4. The molecular formula is C14H12BrN5O2. The van der Waals surface area contributed by atoms with Crippen molar-refractivity contribution in [3.8, 4) is 11.8 Å². The number of benzene rings is 1. The highest BCUT2D eigenvalue weighted by atomic mass is 79.9. The third-order valence-electron chi connectivity index (χ3n) is 3.35. The zero-order chi connectivity index (χ0) is 15.1. The van der Waals surface area contributed by atoms with E-state index in [4.69, 9.17) is 15.2 Å². The van der Waals surface area contributed by atoms with Gasteiger partial charge < -0.3 is 15.2 Å². The van der Waals surface area contributed by atoms with Crippen molar-refractivity contribution in [2.45, 2.75) is 6.10 Å². The van der Waals surface area contributed by atoms with Gasteiger partial charge in [0.25, 0.3) is 0 Å². The second-order valence-corrected chi connectivity index (χ2v) is 5.83. The number of halogens is 1. The van der Waals surface area contributed by atoms with E-state index in [9.17, 15) is 0 Å². The minimum absolute atomic E-state index is 0.0122. The number of nitrogens with zero attached hydrogens (tertiary/aromatic N) is 4. The summed E-state index contributed by atoms with van der Waals surface area (Å²) in [6.45, 7) is 1.14. The van der Waals surface area contributed by atoms with E-state index < -0.39 is 0 Å². The Balaban J connectivity index is 1.91. The van der Waals surface area contributed by atoms with Gasteiger partial charge in [0.05, 0.1) is 24.2 Å². The van der Waals surface area contributed by atoms with Gasteiger partial charge in [-0.25, -0.2) is 9.55 Å². The summed E-state index contributed by atoms with van der Waals surface area (Å²) in [4.78, 5) is 12.7. The Hall–Kier alpha value is -2.19. The molecule has 2 N–H and O–H groups in total. The average Bonchev–Trinajstić information content (AvgIpc) is 2.80. The molecule has 1 aliphatic rings. The molecule has 112 valence electrons. The van der Waals surface area contributed by atoms with Gasteiger partial charge in [0, 0.05) is 16.7 Å². The lowest BCUT2D eigenvalue weighted by Crippen LogP contribution is -2.39. The quantitative estimate of drug-likeness (QED) is 0.766. The Labute approximate surface area is 134 Å². The smallest absolute Gasteiger partial charge is 0.303 e. The van der Waals surface area contributed by atoms with Crippen LogP contribution in [0.5, 0.6) is 6.01 Å². The largest absolute Gasteiger partial charge is 0.456 e. The molecule has 4 rings (SSSR count). The van der Waals surface area contributed by atoms with Crippen LogP contribution in [0.15, 0.2) is 34.9 Å². The summed E-state index contributed by atoms with van der Waals surface area (Å²) in [7, 11) is 0. The summed E-state index contributed by atoms with van der Waals surface area (Å²) in [5.74, 6) is 0.815. The maximum Gasteiger partial charge on any atom is 0.303 e. The van der Waals surface area contributed by atoms with Crippen LogP contribution in [0.1, 0.15) is 0 Å². The fourth-order valence-corrected chi connectivity index (χ4v) is 2.60. The van der Waals surface area contributed by atoms with Crippen molar-refractivity contribution < 1.29 is 9.47 Å². The van der Waals surface area contributed by atoms with E-state index >= 15 is 0 Å². The molecule has 0 aliphatic carbocycles. The lowest BCUT2D eigenvalue weighted by Gasteiger charge is -2.26. The number of nitrogen functional groups attached to an aromatic ring is 1. The summed E-state index contributed by atoms with van der Waals surface area (Å²) in [5, 5.41) is 0. The highest BCUT2D eigenvalue weighted by molar-refractivity contribution is 9.10. The maximum absolute atomic E-state index is 5.91. The normalized spacial score (nSPS) is 15.0. The summed E-state index contributed by atoms with van der Waals surface area (Å²) in [5.41, 5.74) is 7.39. The van der Waals surface area contributed by atoms with Crippen LogP contribution in [0, 0.1) is 0 Å². The van der Waals surface area contributed by atoms with Crippen molar-refractivity contribution in [2.75, 3.05) is 18.9 Å². The molecule has 3 heterocycles. The number of hydrogen-bond acceptors (Lipinski definition) is 6. The number of nitrogens with two attached hydrogens (primary N) is 1. The second-order valence-electron chi connectivity index (χ2n) is 4.91. The van der Waals surface area contributed by atoms with Gasteiger partial charge in [0.2, 0.25) is 5.95 Å². The highest BCUT2D eigenvalue weighted by Crippen LogP contribution is 2.29. The van der Waals surface area contributed by atoms with E-state index in [1.807, 2.05) is 22.8 Å². The van der Waals surface area contributed by atoms with Gasteiger partial charge in [0.15, 0.2) is 0 Å². The van der Waals surface area contributed by atoms with E-state index in [1.165, 1.54) is 0 Å². The van der Waals surface area contributed by atoms with E-state index in [0.717, 1.165) is 15.5 Å². The fourth-order valence-electron chi connectivity index (χ4n) is 2.25. The number of hydrogen-bond donors (Lipinski definition) is 1. The SMILES string of the molecule is Nc1nccc(-n2c(OC3COC3)nc3ccc(Br)cc32)n1. The molecule has 2 aromatic heterocycles. The first-order valence-corrected chi connectivity index (χ1v) is 7.51. The molecule has 1 fully saturated rings. The van der Waals surface area contributed by atoms with E-state index in [-0.39, 0.29) is 12.1 Å². The Morgan fingerprint density at radius 1 is 1.27 bits per heavy atom. The Bertz CT molecular complexity index is 846. The van der Waals surface area contributed by atoms with Crippen LogP contribution < -0.4 is 10.5 Å². The van der Waals surface area contributed by atoms with Crippen molar-refractivity contribution in [1.29, 1.82) is 0 Å². The third kappa shape index (κ3) is 2.30. The lowest BCUT2D eigenvalue weighted by molar-refractivity contribution is -0.0835. The molecular weight excluding hydrogens is 350 g/mol. The maximum atomic E-state index is 5.91. The second kappa shape index (κ2) is 5.22. The topological polar surface area (TPSA) is 88.1 Å². The molecule has 7 nitrogen and oxygen atoms in total. The summed E-state index contributed by atoms with van der Waals surface area (Å²) < 4.78 is 13.8. The molecule has 0 spiro atoms. The van der Waals surface area contributed by atoms with Crippen molar-refractivity contribution in [3.63, 3.8) is 0 Å². The Morgan fingerprint density at radius 2 is 2.14 bits per heavy atom. The van der Waals surface area contributed by atoms with Crippen LogP contribution in [0.25, 0.3) is 16.9 Å². The standard InChI is InChI=1S/C14H12BrN5O2/c15-8-1-2-10-11(5-8)20(12-3-4-17-13(16)19-12)14(18-10)22-9-6-21-7-9/h1-5,9H,6-7H2,(H2,16,17,19). The number of ether oxygens (including phenoxy) is 2. The van der Waals surface area contributed by atoms with Crippen LogP contribution in [0.4, 0.5) is 5.95 Å². The van der Waals surface area contributed by atoms with Crippen molar-refractivity contribution >= 4 is 32.9 Å². The summed E-state index contributed by atoms with van der Waals surface area (Å²) in [6, 6.07) is 8.06. The van der Waals surface area contributed by atoms with Crippen molar-refractivity contribution in [1.82, 2.24) is 19.5 Å². The van der Waals surface area contributed by atoms with E-state index in [2.05, 4.69) is 30.9 Å². The fraction of sp³-hybridized carbons (Fsp3) is 0.214. The Kier molecular flexibility index (Phi) is 3.20. The van der Waals surface area contributed by atoms with Gasteiger partial charge in [-0.3, -0.25) is 0 Å². The lowest BCUT2D eigenvalue weighted by atomic mass is 10.3. The van der Waals surface area contributed by atoms with Gasteiger partial charge in [-0.1, -0.05) is 15.9 Å². The molecule has 8 heteroatoms. The minimum Gasteiger partial charge on any atom is -0.456 e. The third-order valence-corrected chi connectivity index (χ3v) is 3.85. The molecule has 1 aromatic carbocycles. The predicted molar refractivity (Wildman–Crippen MR) is 84.0 cm³/mol. The summed E-state index contributed by atoms with van der Waals surface area (Å²) >= 11 is 3.48. The average molecular weight is 362 g/mol. The molecule has 0 amide bonds. The molecule has 0 saturated carbocycles. The molecule has 3 aromatic rings. The molecule has 1 saturated heterocycles. The first kappa shape index (κ1) is 13.5. The molecule has 0 bridgehead atoms. The van der Waals surface area contributed by atoms with E-state index in [1.54, 1.807) is 12.3 Å². The van der Waals surface area contributed by atoms with Crippen LogP contribution in [0.3, 0.4) is 0 Å². The summed E-state index contributed by atoms with van der Waals surface area (Å²) in [6.07, 6.45) is 1.62. The predicted octanol–water partition coefficient (Wildman–Crippen LogP) is 1.94. The zero-order valence-corrected chi connectivity index (χ0v) is 13.0. The molecule has 22 heavy (non-hydrogen) atoms. The van der Waals surface area contributed by atoms with Crippen LogP contribution >= 0.6 is 15.9 Å². The van der Waals surface area contributed by atoms with Crippen LogP contribution in [-0.4, -0.2) is 38.8 Å². The number of fused-ring (bicyclic) bond motifs is 1. The molecule has 1 aliphatic heterocycles. The number of anilines is 1. The minimum atomic E-state index is 0.0122. The Morgan fingerprint density at radius 3 is 2.86 bits per heavy atom. The monoisotopic (exact) mass is 361 g/mol. The first-order chi connectivity index (χ1) is 10.7. The molecule has 0 unspecified atom stereocenters. The van der Waals surface area contributed by atoms with Gasteiger partial charge in [-0.15, -0.1) is 0 Å².